The van der Waals surface area contributed by atoms with Crippen molar-refractivity contribution in [3.8, 4) is 0 Å². The normalized spacial score (nSPS) is 17.0. The minimum atomic E-state index is -3.67. The second-order valence-corrected chi connectivity index (χ2v) is 7.50. The number of hydrogen-bond acceptors (Lipinski definition) is 7. The van der Waals surface area contributed by atoms with Crippen LogP contribution in [-0.4, -0.2) is 74.6 Å². The summed E-state index contributed by atoms with van der Waals surface area (Å²) in [6, 6.07) is 0. The summed E-state index contributed by atoms with van der Waals surface area (Å²) in [6.07, 6.45) is 1.39. The van der Waals surface area contributed by atoms with Crippen molar-refractivity contribution in [1.29, 1.82) is 0 Å². The molecule has 0 aromatic heterocycles. The van der Waals surface area contributed by atoms with Gasteiger partial charge in [0.15, 0.2) is 5.78 Å². The largest absolute Gasteiger partial charge is 0.449 e. The van der Waals surface area contributed by atoms with Crippen molar-refractivity contribution in [3.05, 3.63) is 0 Å². The number of nitrogens with zero attached hydrogens (tertiary/aromatic N) is 2. The van der Waals surface area contributed by atoms with Gasteiger partial charge in [-0.15, -0.1) is 0 Å². The van der Waals surface area contributed by atoms with Crippen LogP contribution < -0.4 is 5.73 Å². The maximum atomic E-state index is 12.3. The number of piperazine rings is 1. The average Bonchev–Trinajstić information content (AvgIpc) is 2.60. The number of rotatable bonds is 7. The zero-order chi connectivity index (χ0) is 17.5. The molecule has 1 saturated heterocycles. The molecule has 2 N–H and O–H groups in total. The first-order valence-electron chi connectivity index (χ1n) is 7.56. The molecule has 0 aliphatic carbocycles. The van der Waals surface area contributed by atoms with E-state index in [0.717, 1.165) is 12.8 Å². The van der Waals surface area contributed by atoms with E-state index < -0.39 is 19.3 Å². The highest BCUT2D eigenvalue weighted by Crippen LogP contribution is 2.49. The molecule has 23 heavy (non-hydrogen) atoms. The van der Waals surface area contributed by atoms with Gasteiger partial charge in [-0.1, -0.05) is 13.3 Å². The third-order valence-electron chi connectivity index (χ3n) is 3.68. The maximum absolute atomic E-state index is 12.3. The molecule has 0 radical (unpaired) electrons. The highest BCUT2D eigenvalue weighted by Gasteiger charge is 2.40. The van der Waals surface area contributed by atoms with Crippen LogP contribution in [0.2, 0.25) is 0 Å². The molecule has 0 saturated carbocycles. The van der Waals surface area contributed by atoms with Gasteiger partial charge in [0.1, 0.15) is 0 Å². The summed E-state index contributed by atoms with van der Waals surface area (Å²) in [5.74, 6) is -1.89. The lowest BCUT2D eigenvalue weighted by Gasteiger charge is -2.35. The summed E-state index contributed by atoms with van der Waals surface area (Å²) in [5, 5.41) is 0. The number of ether oxygens (including phenoxy) is 1. The number of hydrogen-bond donors (Lipinski definition) is 1. The minimum absolute atomic E-state index is 0.294. The van der Waals surface area contributed by atoms with E-state index >= 15 is 0 Å². The van der Waals surface area contributed by atoms with E-state index in [-0.39, 0.29) is 6.09 Å². The van der Waals surface area contributed by atoms with Gasteiger partial charge in [0.2, 0.25) is 0 Å². The Hall–Kier alpha value is -1.15. The highest BCUT2D eigenvalue weighted by atomic mass is 31.2. The number of unbranched alkanes of at least 4 members (excludes halogenated alkanes) is 1. The van der Waals surface area contributed by atoms with E-state index in [2.05, 4.69) is 0 Å². The Labute approximate surface area is 136 Å². The molecule has 0 unspecified atom stereocenters. The second kappa shape index (κ2) is 9.22. The van der Waals surface area contributed by atoms with Crippen LogP contribution in [-0.2, 0) is 23.1 Å². The van der Waals surface area contributed by atoms with Crippen molar-refractivity contribution >= 4 is 19.6 Å². The van der Waals surface area contributed by atoms with Crippen LogP contribution in [0.3, 0.4) is 0 Å². The van der Waals surface area contributed by atoms with E-state index in [0.29, 0.717) is 32.8 Å². The summed E-state index contributed by atoms with van der Waals surface area (Å²) in [7, 11) is -1.30. The van der Waals surface area contributed by atoms with Gasteiger partial charge in [0.25, 0.3) is 5.91 Å². The third kappa shape index (κ3) is 5.17. The average molecular weight is 351 g/mol. The highest BCUT2D eigenvalue weighted by molar-refractivity contribution is 7.55. The number of amides is 2. The van der Waals surface area contributed by atoms with Crippen LogP contribution in [0, 0.1) is 0 Å². The molecule has 0 aromatic carbocycles. The van der Waals surface area contributed by atoms with Crippen LogP contribution in [0.25, 0.3) is 0 Å². The van der Waals surface area contributed by atoms with Crippen molar-refractivity contribution < 1.29 is 27.9 Å². The van der Waals surface area contributed by atoms with E-state index in [9.17, 15) is 14.2 Å². The van der Waals surface area contributed by atoms with Gasteiger partial charge in [-0.2, -0.15) is 0 Å². The summed E-state index contributed by atoms with van der Waals surface area (Å²) in [5.41, 5.74) is 5.71. The Morgan fingerprint density at radius 1 is 1.13 bits per heavy atom. The van der Waals surface area contributed by atoms with Crippen LogP contribution in [0.5, 0.6) is 0 Å². The van der Waals surface area contributed by atoms with Crippen LogP contribution in [0.15, 0.2) is 0 Å². The Bertz CT molecular complexity index is 445. The fourth-order valence-electron chi connectivity index (χ4n) is 2.13. The number of carbonyl (C=O) groups excluding carboxylic acids is 2. The van der Waals surface area contributed by atoms with Gasteiger partial charge in [-0.05, 0) is 6.42 Å². The fraction of sp³-hybridized carbons (Fsp3) is 0.846. The van der Waals surface area contributed by atoms with Gasteiger partial charge in [-0.25, -0.2) is 4.79 Å². The van der Waals surface area contributed by atoms with Crippen LogP contribution in [0.4, 0.5) is 4.79 Å². The van der Waals surface area contributed by atoms with Crippen molar-refractivity contribution in [2.24, 2.45) is 5.73 Å². The van der Waals surface area contributed by atoms with Crippen LogP contribution >= 0.6 is 7.60 Å². The zero-order valence-corrected chi connectivity index (χ0v) is 14.8. The molecule has 1 fully saturated rings. The predicted molar refractivity (Wildman–Crippen MR) is 84.0 cm³/mol. The molecule has 1 rings (SSSR count). The first kappa shape index (κ1) is 19.9. The van der Waals surface area contributed by atoms with Crippen molar-refractivity contribution in [1.82, 2.24) is 9.80 Å². The number of nitrogens with two attached hydrogens (primary N) is 1. The Balaban J connectivity index is 2.51. The monoisotopic (exact) mass is 351 g/mol. The van der Waals surface area contributed by atoms with Crippen molar-refractivity contribution in [2.75, 3.05) is 47.0 Å². The van der Waals surface area contributed by atoms with Gasteiger partial charge in [-0.3, -0.25) is 9.36 Å². The van der Waals surface area contributed by atoms with Gasteiger partial charge in [0.05, 0.1) is 6.61 Å². The first-order valence-corrected chi connectivity index (χ1v) is 9.18. The molecule has 2 amide bonds. The minimum Gasteiger partial charge on any atom is -0.449 e. The first-order chi connectivity index (χ1) is 10.9. The molecule has 134 valence electrons. The van der Waals surface area contributed by atoms with E-state index in [1.807, 2.05) is 6.92 Å². The van der Waals surface area contributed by atoms with E-state index in [1.165, 1.54) is 24.0 Å². The van der Waals surface area contributed by atoms with Gasteiger partial charge >= 0.3 is 13.7 Å². The molecule has 0 bridgehead atoms. The lowest BCUT2D eigenvalue weighted by molar-refractivity contribution is -0.132. The molecule has 9 nitrogen and oxygen atoms in total. The molecule has 1 atom stereocenters. The number of carbonyl (C=O) groups is 2. The maximum Gasteiger partial charge on any atom is 0.409 e. The molecular weight excluding hydrogens is 325 g/mol. The smallest absolute Gasteiger partial charge is 0.409 e. The molecule has 0 aromatic rings. The molecular formula is C13H26N3O6P. The Morgan fingerprint density at radius 3 is 2.13 bits per heavy atom. The topological polar surface area (TPSA) is 111 Å². The molecule has 1 heterocycles. The summed E-state index contributed by atoms with van der Waals surface area (Å²) in [4.78, 5) is 27.1. The van der Waals surface area contributed by atoms with Gasteiger partial charge in [0, 0.05) is 40.4 Å². The van der Waals surface area contributed by atoms with E-state index in [1.54, 1.807) is 0 Å². The lowest BCUT2D eigenvalue weighted by Crippen LogP contribution is -2.54. The van der Waals surface area contributed by atoms with Crippen molar-refractivity contribution in [2.45, 2.75) is 25.5 Å². The third-order valence-corrected chi connectivity index (χ3v) is 5.60. The Kier molecular flexibility index (Phi) is 7.98. The Morgan fingerprint density at radius 2 is 1.65 bits per heavy atom. The molecule has 10 heteroatoms. The molecule has 1 aliphatic heterocycles. The van der Waals surface area contributed by atoms with Crippen molar-refractivity contribution in [3.63, 3.8) is 0 Å². The standard InChI is InChI=1S/C13H26N3O6P/c1-4-5-10-22-13(18)16-8-6-15(7-9-16)12(17)11(14)23(19,20-2)21-3/h11H,4-10,14H2,1-3H3/t11-/m1/s1. The van der Waals surface area contributed by atoms with Gasteiger partial charge < -0.3 is 29.3 Å². The molecule has 1 aliphatic rings. The van der Waals surface area contributed by atoms with E-state index in [4.69, 9.17) is 19.5 Å². The SMILES string of the molecule is CCCCOC(=O)N1CCN(C(=O)[C@H](N)P(=O)(OC)OC)CC1. The quantitative estimate of drug-likeness (QED) is 0.534. The molecule has 0 spiro atoms. The lowest BCUT2D eigenvalue weighted by atomic mass is 10.3. The summed E-state index contributed by atoms with van der Waals surface area (Å²) < 4.78 is 26.8. The zero-order valence-electron chi connectivity index (χ0n) is 13.9. The summed E-state index contributed by atoms with van der Waals surface area (Å²) in [6.45, 7) is 3.68. The second-order valence-electron chi connectivity index (χ2n) is 5.13. The fourth-order valence-corrected chi connectivity index (χ4v) is 3.17. The van der Waals surface area contributed by atoms with Crippen LogP contribution in [0.1, 0.15) is 19.8 Å². The predicted octanol–water partition coefficient (Wildman–Crippen LogP) is 0.838. The summed E-state index contributed by atoms with van der Waals surface area (Å²) >= 11 is 0.